The van der Waals surface area contributed by atoms with Gasteiger partial charge >= 0.3 is 0 Å². The topological polar surface area (TPSA) is 86.9 Å². The molecule has 0 aliphatic carbocycles. The standard InChI is InChI=1S/C19H20N6O2S/c1-10(11-4-17(26)20-7-11)27-19-18-13(21-9-24(18)2)5-12(23-19)15-6-14-16(28-15)8-22-25(14)3/h5-6,8-11H,4,7H2,1-3H3,(H,20,26). The zero-order valence-electron chi connectivity index (χ0n) is 15.8. The van der Waals surface area contributed by atoms with E-state index in [4.69, 9.17) is 9.72 Å². The second kappa shape index (κ2) is 6.30. The van der Waals surface area contributed by atoms with Gasteiger partial charge in [-0.2, -0.15) is 5.10 Å². The molecule has 4 aromatic rings. The van der Waals surface area contributed by atoms with E-state index in [0.717, 1.165) is 31.8 Å². The highest BCUT2D eigenvalue weighted by Crippen LogP contribution is 2.36. The van der Waals surface area contributed by atoms with E-state index in [1.165, 1.54) is 0 Å². The third kappa shape index (κ3) is 2.73. The Hall–Kier alpha value is -2.94. The highest BCUT2D eigenvalue weighted by molar-refractivity contribution is 7.22. The average Bonchev–Trinajstić information content (AvgIpc) is 3.42. The maximum Gasteiger partial charge on any atom is 0.241 e. The van der Waals surface area contributed by atoms with Crippen LogP contribution in [0, 0.1) is 5.92 Å². The first-order valence-corrected chi connectivity index (χ1v) is 9.98. The van der Waals surface area contributed by atoms with Gasteiger partial charge in [0.15, 0.2) is 0 Å². The average molecular weight is 396 g/mol. The molecule has 1 amide bonds. The molecule has 2 atom stereocenters. The van der Waals surface area contributed by atoms with E-state index in [2.05, 4.69) is 21.5 Å². The van der Waals surface area contributed by atoms with E-state index >= 15 is 0 Å². The number of aryl methyl sites for hydroxylation is 2. The summed E-state index contributed by atoms with van der Waals surface area (Å²) in [6, 6.07) is 4.09. The molecule has 28 heavy (non-hydrogen) atoms. The quantitative estimate of drug-likeness (QED) is 0.573. The van der Waals surface area contributed by atoms with Crippen molar-refractivity contribution in [3.8, 4) is 16.5 Å². The number of nitrogens with zero attached hydrogens (tertiary/aromatic N) is 5. The van der Waals surface area contributed by atoms with Crippen LogP contribution in [0.5, 0.6) is 5.88 Å². The summed E-state index contributed by atoms with van der Waals surface area (Å²) in [5.41, 5.74) is 3.60. The SMILES string of the molecule is CC(Oc1nc(-c2cc3c(cnn3C)s2)cc2ncn(C)c12)C1CNC(=O)C1. The Morgan fingerprint density at radius 2 is 2.21 bits per heavy atom. The van der Waals surface area contributed by atoms with Crippen molar-refractivity contribution in [2.45, 2.75) is 19.4 Å². The van der Waals surface area contributed by atoms with Crippen LogP contribution in [0.1, 0.15) is 13.3 Å². The lowest BCUT2D eigenvalue weighted by Gasteiger charge is -2.20. The van der Waals surface area contributed by atoms with Gasteiger partial charge in [-0.3, -0.25) is 9.48 Å². The van der Waals surface area contributed by atoms with Gasteiger partial charge in [0.05, 0.1) is 38.8 Å². The van der Waals surface area contributed by atoms with Gasteiger partial charge in [-0.1, -0.05) is 0 Å². The van der Waals surface area contributed by atoms with Crippen molar-refractivity contribution in [2.24, 2.45) is 20.0 Å². The number of thiophene rings is 1. The molecule has 8 nitrogen and oxygen atoms in total. The summed E-state index contributed by atoms with van der Waals surface area (Å²) in [6.07, 6.45) is 3.99. The van der Waals surface area contributed by atoms with Crippen LogP contribution < -0.4 is 10.1 Å². The molecule has 1 aliphatic heterocycles. The molecular weight excluding hydrogens is 376 g/mol. The molecule has 0 saturated carbocycles. The molecule has 0 spiro atoms. The fourth-order valence-corrected chi connectivity index (χ4v) is 4.66. The smallest absolute Gasteiger partial charge is 0.241 e. The maximum atomic E-state index is 11.6. The van der Waals surface area contributed by atoms with Gasteiger partial charge in [0.25, 0.3) is 0 Å². The lowest BCUT2D eigenvalue weighted by Crippen LogP contribution is -2.26. The van der Waals surface area contributed by atoms with Gasteiger partial charge in [-0.05, 0) is 19.1 Å². The lowest BCUT2D eigenvalue weighted by molar-refractivity contribution is -0.119. The third-order valence-corrected chi connectivity index (χ3v) is 6.40. The van der Waals surface area contributed by atoms with Crippen LogP contribution in [-0.2, 0) is 18.9 Å². The molecule has 0 bridgehead atoms. The van der Waals surface area contributed by atoms with Gasteiger partial charge in [-0.25, -0.2) is 9.97 Å². The van der Waals surface area contributed by atoms with Gasteiger partial charge in [0.2, 0.25) is 11.8 Å². The number of pyridine rings is 1. The molecule has 9 heteroatoms. The van der Waals surface area contributed by atoms with Crippen molar-refractivity contribution in [1.29, 1.82) is 0 Å². The van der Waals surface area contributed by atoms with Crippen LogP contribution in [-0.4, -0.2) is 42.9 Å². The Balaban J connectivity index is 1.57. The van der Waals surface area contributed by atoms with Gasteiger partial charge in [0.1, 0.15) is 11.6 Å². The van der Waals surface area contributed by atoms with Crippen molar-refractivity contribution in [1.82, 2.24) is 29.6 Å². The summed E-state index contributed by atoms with van der Waals surface area (Å²) in [6.45, 7) is 2.63. The van der Waals surface area contributed by atoms with Crippen molar-refractivity contribution in [3.63, 3.8) is 0 Å². The van der Waals surface area contributed by atoms with Crippen molar-refractivity contribution in [2.75, 3.05) is 6.54 Å². The zero-order chi connectivity index (χ0) is 19.4. The number of hydrogen-bond donors (Lipinski definition) is 1. The molecule has 1 aliphatic rings. The summed E-state index contributed by atoms with van der Waals surface area (Å²) < 4.78 is 11.2. The lowest BCUT2D eigenvalue weighted by atomic mass is 10.0. The monoisotopic (exact) mass is 396 g/mol. The molecule has 0 aromatic carbocycles. The van der Waals surface area contributed by atoms with Crippen LogP contribution in [0.3, 0.4) is 0 Å². The predicted octanol–water partition coefficient (Wildman–Crippen LogP) is 2.49. The molecule has 0 radical (unpaired) electrons. The fourth-order valence-electron chi connectivity index (χ4n) is 3.65. The first kappa shape index (κ1) is 17.2. The predicted molar refractivity (Wildman–Crippen MR) is 107 cm³/mol. The molecular formula is C19H20N6O2S. The molecule has 1 fully saturated rings. The normalized spacial score (nSPS) is 18.1. The second-order valence-corrected chi connectivity index (χ2v) is 8.34. The van der Waals surface area contributed by atoms with Crippen molar-refractivity contribution < 1.29 is 9.53 Å². The van der Waals surface area contributed by atoms with Crippen LogP contribution >= 0.6 is 11.3 Å². The molecule has 5 heterocycles. The van der Waals surface area contributed by atoms with Crippen LogP contribution in [0.2, 0.25) is 0 Å². The number of carbonyl (C=O) groups is 1. The van der Waals surface area contributed by atoms with Gasteiger partial charge in [-0.15, -0.1) is 11.3 Å². The summed E-state index contributed by atoms with van der Waals surface area (Å²) >= 11 is 1.65. The first-order valence-electron chi connectivity index (χ1n) is 9.17. The van der Waals surface area contributed by atoms with E-state index < -0.39 is 0 Å². The third-order valence-electron chi connectivity index (χ3n) is 5.32. The van der Waals surface area contributed by atoms with Crippen LogP contribution in [0.4, 0.5) is 0 Å². The number of amides is 1. The molecule has 2 unspecified atom stereocenters. The van der Waals surface area contributed by atoms with Crippen LogP contribution in [0.25, 0.3) is 31.8 Å². The molecule has 1 saturated heterocycles. The number of imidazole rings is 1. The maximum absolute atomic E-state index is 11.6. The first-order chi connectivity index (χ1) is 13.5. The van der Waals surface area contributed by atoms with Crippen LogP contribution in [0.15, 0.2) is 24.7 Å². The minimum atomic E-state index is -0.133. The largest absolute Gasteiger partial charge is 0.473 e. The molecule has 5 rings (SSSR count). The van der Waals surface area contributed by atoms with E-state index in [9.17, 15) is 4.79 Å². The number of carbonyl (C=O) groups excluding carboxylic acids is 1. The molecule has 144 valence electrons. The van der Waals surface area contributed by atoms with E-state index in [0.29, 0.717) is 18.8 Å². The van der Waals surface area contributed by atoms with E-state index in [1.54, 1.807) is 17.7 Å². The number of ether oxygens (including phenoxy) is 1. The van der Waals surface area contributed by atoms with Crippen molar-refractivity contribution >= 4 is 38.5 Å². The Kier molecular flexibility index (Phi) is 3.87. The number of aromatic nitrogens is 5. The summed E-state index contributed by atoms with van der Waals surface area (Å²) in [7, 11) is 3.86. The number of rotatable bonds is 4. The minimum absolute atomic E-state index is 0.0757. The Labute approximate surface area is 165 Å². The van der Waals surface area contributed by atoms with Gasteiger partial charge in [0, 0.05) is 33.0 Å². The number of fused-ring (bicyclic) bond motifs is 2. The Morgan fingerprint density at radius 1 is 1.36 bits per heavy atom. The fraction of sp³-hybridized carbons (Fsp3) is 0.368. The summed E-state index contributed by atoms with van der Waals surface area (Å²) in [5.74, 6) is 0.762. The number of hydrogen-bond acceptors (Lipinski definition) is 6. The van der Waals surface area contributed by atoms with E-state index in [-0.39, 0.29) is 17.9 Å². The Morgan fingerprint density at radius 3 is 2.96 bits per heavy atom. The summed E-state index contributed by atoms with van der Waals surface area (Å²) in [4.78, 5) is 21.9. The van der Waals surface area contributed by atoms with Gasteiger partial charge < -0.3 is 14.6 Å². The van der Waals surface area contributed by atoms with Crippen molar-refractivity contribution in [3.05, 3.63) is 24.7 Å². The molecule has 1 N–H and O–H groups in total. The summed E-state index contributed by atoms with van der Waals surface area (Å²) in [5, 5.41) is 7.15. The molecule has 4 aromatic heterocycles. The number of nitrogens with one attached hydrogen (secondary N) is 1. The zero-order valence-corrected chi connectivity index (χ0v) is 16.7. The van der Waals surface area contributed by atoms with E-state index in [1.807, 2.05) is 42.5 Å². The second-order valence-electron chi connectivity index (χ2n) is 7.26. The Bertz CT molecular complexity index is 1210. The minimum Gasteiger partial charge on any atom is -0.473 e. The highest BCUT2D eigenvalue weighted by atomic mass is 32.1. The highest BCUT2D eigenvalue weighted by Gasteiger charge is 2.29.